The summed E-state index contributed by atoms with van der Waals surface area (Å²) in [6, 6.07) is -0.628. The first-order valence-electron chi connectivity index (χ1n) is 25.5. The molecule has 0 aliphatic heterocycles. The zero-order chi connectivity index (χ0) is 46.3. The normalized spacial score (nSPS) is 13.5. The summed E-state index contributed by atoms with van der Waals surface area (Å²) in [6.07, 6.45) is 58.2. The number of hydrogen-bond acceptors (Lipinski definition) is 6. The van der Waals surface area contributed by atoms with Crippen molar-refractivity contribution in [3.63, 3.8) is 0 Å². The van der Waals surface area contributed by atoms with Crippen LogP contribution >= 0.6 is 0 Å². The maximum atomic E-state index is 12.8. The zero-order valence-corrected chi connectivity index (χ0v) is 41.3. The Morgan fingerprint density at radius 3 is 1.32 bits per heavy atom. The van der Waals surface area contributed by atoms with Crippen LogP contribution in [0.4, 0.5) is 0 Å². The number of likely N-dealkylation sites (N-methyl/N-ethyl adjacent to an activating group) is 1. The number of carbonyl (C=O) groups excluding carboxylic acids is 2. The van der Waals surface area contributed by atoms with Crippen molar-refractivity contribution in [3.05, 3.63) is 72.9 Å². The number of rotatable bonds is 45. The van der Waals surface area contributed by atoms with E-state index in [1.807, 2.05) is 21.1 Å². The Hall–Kier alpha value is -3.23. The molecule has 0 saturated heterocycles. The Morgan fingerprint density at radius 1 is 0.476 bits per heavy atom. The topological polar surface area (TPSA) is 99.1 Å². The zero-order valence-electron chi connectivity index (χ0n) is 41.3. The lowest BCUT2D eigenvalue weighted by molar-refractivity contribution is -0.887. The molecular weight excluding hydrogens is 787 g/mol. The summed E-state index contributed by atoms with van der Waals surface area (Å²) in [4.78, 5) is 37.1. The molecule has 0 rings (SSSR count). The predicted molar refractivity (Wildman–Crippen MR) is 266 cm³/mol. The van der Waals surface area contributed by atoms with Crippen molar-refractivity contribution in [2.75, 3.05) is 41.0 Å². The number of carboxylic acid groups (broad SMARTS) is 1. The Labute approximate surface area is 387 Å². The first-order valence-corrected chi connectivity index (χ1v) is 25.5. The monoisotopic (exact) mass is 883 g/mol. The van der Waals surface area contributed by atoms with Gasteiger partial charge in [-0.1, -0.05) is 177 Å². The van der Waals surface area contributed by atoms with Crippen molar-refractivity contribution in [1.29, 1.82) is 0 Å². The fraction of sp³-hybridized carbons (Fsp3) is 0.727. The number of carboxylic acids is 1. The smallest absolute Gasteiger partial charge is 0.362 e. The van der Waals surface area contributed by atoms with Crippen LogP contribution in [0, 0.1) is 0 Å². The van der Waals surface area contributed by atoms with Gasteiger partial charge < -0.3 is 23.8 Å². The highest BCUT2D eigenvalue weighted by Gasteiger charge is 2.31. The Morgan fingerprint density at radius 2 is 0.857 bits per heavy atom. The van der Waals surface area contributed by atoms with Gasteiger partial charge in [-0.15, -0.1) is 0 Å². The maximum absolute atomic E-state index is 12.8. The number of unbranched alkanes of at least 4 members (excludes halogenated alkanes) is 19. The minimum absolute atomic E-state index is 0.0377. The quantitative estimate of drug-likeness (QED) is 0.0281. The van der Waals surface area contributed by atoms with Crippen molar-refractivity contribution >= 4 is 17.9 Å². The molecule has 0 aromatic heterocycles. The van der Waals surface area contributed by atoms with Crippen LogP contribution in [-0.4, -0.2) is 80.6 Å². The van der Waals surface area contributed by atoms with Gasteiger partial charge in [0.05, 0.1) is 34.4 Å². The first-order chi connectivity index (χ1) is 30.6. The Kier molecular flexibility index (Phi) is 43.0. The Balaban J connectivity index is 4.35. The third-order valence-corrected chi connectivity index (χ3v) is 11.1. The number of carbonyl (C=O) groups is 3. The molecule has 362 valence electrons. The molecule has 0 aromatic carbocycles. The van der Waals surface area contributed by atoms with Crippen LogP contribution in [0.5, 0.6) is 0 Å². The van der Waals surface area contributed by atoms with Crippen molar-refractivity contribution < 1.29 is 38.2 Å². The number of esters is 2. The van der Waals surface area contributed by atoms with E-state index in [1.165, 1.54) is 109 Å². The van der Waals surface area contributed by atoms with E-state index in [1.54, 1.807) is 0 Å². The largest absolute Gasteiger partial charge is 0.477 e. The van der Waals surface area contributed by atoms with E-state index in [0.29, 0.717) is 19.3 Å². The number of hydrogen-bond donors (Lipinski definition) is 1. The van der Waals surface area contributed by atoms with Gasteiger partial charge in [0.1, 0.15) is 6.61 Å². The molecule has 0 amide bonds. The molecule has 0 aliphatic carbocycles. The molecule has 0 saturated carbocycles. The third-order valence-electron chi connectivity index (χ3n) is 11.1. The van der Waals surface area contributed by atoms with Gasteiger partial charge in [-0.25, -0.2) is 4.79 Å². The summed E-state index contributed by atoms with van der Waals surface area (Å²) in [5.41, 5.74) is 0. The van der Waals surface area contributed by atoms with E-state index in [0.717, 1.165) is 57.8 Å². The average molecular weight is 883 g/mol. The third kappa shape index (κ3) is 43.8. The SMILES string of the molecule is CCCCC/C=C/C/C=C/C/C=C/C/C=C/CCCC(=O)OCC(COCCC(C(=O)O)[N+](C)(C)C)OC(=O)CCCCCCCCC/C=C/C/C=C/CCCCCCCCCC. The van der Waals surface area contributed by atoms with E-state index in [2.05, 4.69) is 86.8 Å². The van der Waals surface area contributed by atoms with Crippen LogP contribution in [0.3, 0.4) is 0 Å². The Bertz CT molecular complexity index is 1260. The summed E-state index contributed by atoms with van der Waals surface area (Å²) < 4.78 is 17.3. The van der Waals surface area contributed by atoms with E-state index < -0.39 is 18.1 Å². The summed E-state index contributed by atoms with van der Waals surface area (Å²) in [6.45, 7) is 4.65. The van der Waals surface area contributed by atoms with Crippen LogP contribution in [-0.2, 0) is 28.6 Å². The standard InChI is InChI=1S/C55H95NO7/c1-6-8-10-12-14-16-18-20-22-24-25-26-27-28-30-32-34-36-38-40-42-44-46-54(58)63-51(49-61-48-47-52(55(59)60)56(3,4)5)50-62-53(57)45-43-41-39-37-35-33-31-29-23-21-19-17-15-13-11-9-7-2/h15,17,21,23-25,27-28,31,33,37,39,51-52H,6-14,16,18-20,22,26,29-30,32,34-36,38,40-50H2,1-5H3/p+1/b17-15+,23-21+,25-24+,28-27+,33-31+,39-37+. The molecule has 0 fully saturated rings. The van der Waals surface area contributed by atoms with Gasteiger partial charge in [-0.05, 0) is 83.5 Å². The average Bonchev–Trinajstić information content (AvgIpc) is 3.24. The lowest BCUT2D eigenvalue weighted by Crippen LogP contribution is -2.50. The molecule has 8 heteroatoms. The lowest BCUT2D eigenvalue weighted by atomic mass is 10.1. The number of allylic oxidation sites excluding steroid dienone is 12. The van der Waals surface area contributed by atoms with E-state index in [4.69, 9.17) is 14.2 Å². The predicted octanol–water partition coefficient (Wildman–Crippen LogP) is 14.7. The molecular formula is C55H96NO7+. The molecule has 0 aromatic rings. The van der Waals surface area contributed by atoms with E-state index >= 15 is 0 Å². The molecule has 0 spiro atoms. The number of quaternary nitrogens is 1. The van der Waals surface area contributed by atoms with Crippen LogP contribution in [0.2, 0.25) is 0 Å². The highest BCUT2D eigenvalue weighted by Crippen LogP contribution is 2.14. The number of nitrogens with zero attached hydrogens (tertiary/aromatic N) is 1. The summed E-state index contributed by atoms with van der Waals surface area (Å²) in [7, 11) is 5.51. The second-order valence-corrected chi connectivity index (χ2v) is 18.1. The molecule has 8 nitrogen and oxygen atoms in total. The van der Waals surface area contributed by atoms with Gasteiger partial charge in [0, 0.05) is 19.3 Å². The fourth-order valence-corrected chi connectivity index (χ4v) is 7.11. The fourth-order valence-electron chi connectivity index (χ4n) is 7.11. The molecule has 0 radical (unpaired) electrons. The van der Waals surface area contributed by atoms with Gasteiger partial charge in [0.2, 0.25) is 0 Å². The molecule has 1 N–H and O–H groups in total. The molecule has 0 bridgehead atoms. The maximum Gasteiger partial charge on any atom is 0.362 e. The van der Waals surface area contributed by atoms with E-state index in [9.17, 15) is 19.5 Å². The second-order valence-electron chi connectivity index (χ2n) is 18.1. The van der Waals surface area contributed by atoms with E-state index in [-0.39, 0.29) is 42.7 Å². The molecule has 63 heavy (non-hydrogen) atoms. The van der Waals surface area contributed by atoms with Crippen molar-refractivity contribution in [3.8, 4) is 0 Å². The van der Waals surface area contributed by atoms with Gasteiger partial charge in [0.15, 0.2) is 12.1 Å². The van der Waals surface area contributed by atoms with Gasteiger partial charge in [-0.3, -0.25) is 9.59 Å². The van der Waals surface area contributed by atoms with Crippen LogP contribution in [0.1, 0.15) is 206 Å². The molecule has 2 atom stereocenters. The van der Waals surface area contributed by atoms with Crippen molar-refractivity contribution in [2.24, 2.45) is 0 Å². The highest BCUT2D eigenvalue weighted by atomic mass is 16.6. The second kappa shape index (κ2) is 45.3. The molecule has 0 aliphatic rings. The molecule has 0 heterocycles. The minimum atomic E-state index is -0.885. The van der Waals surface area contributed by atoms with Crippen molar-refractivity contribution in [1.82, 2.24) is 0 Å². The van der Waals surface area contributed by atoms with Crippen molar-refractivity contribution in [2.45, 2.75) is 219 Å². The lowest BCUT2D eigenvalue weighted by Gasteiger charge is -2.31. The van der Waals surface area contributed by atoms with Crippen LogP contribution in [0.25, 0.3) is 0 Å². The van der Waals surface area contributed by atoms with Crippen LogP contribution in [0.15, 0.2) is 72.9 Å². The van der Waals surface area contributed by atoms with Gasteiger partial charge in [0.25, 0.3) is 0 Å². The minimum Gasteiger partial charge on any atom is -0.477 e. The highest BCUT2D eigenvalue weighted by molar-refractivity contribution is 5.72. The van der Waals surface area contributed by atoms with Crippen LogP contribution < -0.4 is 0 Å². The summed E-state index contributed by atoms with van der Waals surface area (Å²) in [5, 5.41) is 9.65. The first kappa shape index (κ1) is 59.8. The van der Waals surface area contributed by atoms with Gasteiger partial charge in [-0.2, -0.15) is 0 Å². The summed E-state index contributed by atoms with van der Waals surface area (Å²) >= 11 is 0. The summed E-state index contributed by atoms with van der Waals surface area (Å²) in [5.74, 6) is -1.55. The molecule has 2 unspecified atom stereocenters. The van der Waals surface area contributed by atoms with Gasteiger partial charge >= 0.3 is 17.9 Å². The number of ether oxygens (including phenoxy) is 3. The number of aliphatic carboxylic acids is 1.